The number of ether oxygens (including phenoxy) is 1. The Hall–Kier alpha value is -3.20. The van der Waals surface area contributed by atoms with Crippen LogP contribution in [0.2, 0.25) is 0 Å². The zero-order valence-electron chi connectivity index (χ0n) is 14.6. The Bertz CT molecular complexity index is 1110. The second kappa shape index (κ2) is 4.92. The summed E-state index contributed by atoms with van der Waals surface area (Å²) in [6.45, 7) is 4.33. The molecule has 1 heterocycles. The van der Waals surface area contributed by atoms with Crippen molar-refractivity contribution in [2.24, 2.45) is 0 Å². The number of phenolic OH excluding ortho intramolecular Hbond substituents is 2. The molecule has 3 heteroatoms. The van der Waals surface area contributed by atoms with E-state index < -0.39 is 0 Å². The van der Waals surface area contributed by atoms with Crippen LogP contribution in [0.5, 0.6) is 23.0 Å². The Balaban J connectivity index is 1.94. The highest BCUT2D eigenvalue weighted by atomic mass is 16.5. The Morgan fingerprint density at radius 2 is 1.04 bits per heavy atom. The summed E-state index contributed by atoms with van der Waals surface area (Å²) in [5.74, 6) is 1.66. The average molecular weight is 342 g/mol. The van der Waals surface area contributed by atoms with Gasteiger partial charge in [-0.15, -0.1) is 0 Å². The molecule has 0 bridgehead atoms. The number of hydrogen-bond acceptors (Lipinski definition) is 3. The largest absolute Gasteiger partial charge is 0.507 e. The lowest BCUT2D eigenvalue weighted by Crippen LogP contribution is -2.25. The maximum Gasteiger partial charge on any atom is 0.135 e. The lowest BCUT2D eigenvalue weighted by molar-refractivity contribution is 0.410. The van der Waals surface area contributed by atoms with Gasteiger partial charge in [-0.3, -0.25) is 0 Å². The molecule has 1 aliphatic rings. The highest BCUT2D eigenvalue weighted by Crippen LogP contribution is 2.55. The van der Waals surface area contributed by atoms with Crippen molar-refractivity contribution in [2.45, 2.75) is 19.3 Å². The van der Waals surface area contributed by atoms with E-state index >= 15 is 0 Å². The van der Waals surface area contributed by atoms with Crippen molar-refractivity contribution in [3.05, 3.63) is 71.8 Å². The van der Waals surface area contributed by atoms with Crippen LogP contribution in [0.15, 0.2) is 60.7 Å². The molecule has 0 aromatic heterocycles. The molecule has 0 spiro atoms. The summed E-state index contributed by atoms with van der Waals surface area (Å²) in [5, 5.41) is 24.5. The number of fused-ring (bicyclic) bond motifs is 6. The second-order valence-electron chi connectivity index (χ2n) is 7.36. The van der Waals surface area contributed by atoms with Crippen molar-refractivity contribution in [3.8, 4) is 23.0 Å². The minimum Gasteiger partial charge on any atom is -0.507 e. The third-order valence-corrected chi connectivity index (χ3v) is 5.44. The first kappa shape index (κ1) is 15.1. The van der Waals surface area contributed by atoms with E-state index in [-0.39, 0.29) is 16.9 Å². The zero-order chi connectivity index (χ0) is 18.1. The Labute approximate surface area is 151 Å². The molecule has 3 nitrogen and oxygen atoms in total. The van der Waals surface area contributed by atoms with Crippen molar-refractivity contribution in [1.82, 2.24) is 0 Å². The van der Waals surface area contributed by atoms with Crippen molar-refractivity contribution in [3.63, 3.8) is 0 Å². The van der Waals surface area contributed by atoms with Gasteiger partial charge < -0.3 is 14.9 Å². The van der Waals surface area contributed by atoms with Gasteiger partial charge in [0.15, 0.2) is 0 Å². The first-order valence-electron chi connectivity index (χ1n) is 8.66. The number of aromatic hydroxyl groups is 2. The fourth-order valence-electron chi connectivity index (χ4n) is 4.36. The lowest BCUT2D eigenvalue weighted by Gasteiger charge is -2.36. The number of benzene rings is 4. The van der Waals surface area contributed by atoms with E-state index in [1.54, 1.807) is 12.1 Å². The van der Waals surface area contributed by atoms with Gasteiger partial charge in [0.1, 0.15) is 23.0 Å². The summed E-state index contributed by atoms with van der Waals surface area (Å²) in [6.07, 6.45) is 0. The monoisotopic (exact) mass is 342 g/mol. The molecule has 0 atom stereocenters. The first-order chi connectivity index (χ1) is 12.5. The lowest BCUT2D eigenvalue weighted by atomic mass is 9.72. The molecule has 0 saturated heterocycles. The van der Waals surface area contributed by atoms with Crippen LogP contribution in [0.25, 0.3) is 21.5 Å². The number of rotatable bonds is 0. The highest BCUT2D eigenvalue weighted by Gasteiger charge is 2.38. The summed E-state index contributed by atoms with van der Waals surface area (Å²) in [4.78, 5) is 0. The molecule has 4 aromatic rings. The molecule has 0 aliphatic carbocycles. The third-order valence-electron chi connectivity index (χ3n) is 5.44. The molecule has 0 fully saturated rings. The van der Waals surface area contributed by atoms with Crippen molar-refractivity contribution >= 4 is 21.5 Å². The number of hydrogen-bond donors (Lipinski definition) is 2. The topological polar surface area (TPSA) is 49.7 Å². The molecule has 5 rings (SSSR count). The van der Waals surface area contributed by atoms with Crippen LogP contribution in [0.3, 0.4) is 0 Å². The van der Waals surface area contributed by atoms with Gasteiger partial charge in [-0.25, -0.2) is 0 Å². The van der Waals surface area contributed by atoms with Gasteiger partial charge in [0.25, 0.3) is 0 Å². The number of phenols is 2. The van der Waals surface area contributed by atoms with Gasteiger partial charge >= 0.3 is 0 Å². The predicted octanol–water partition coefficient (Wildman–Crippen LogP) is 5.84. The minimum absolute atomic E-state index is 0.198. The fraction of sp³-hybridized carbons (Fsp3) is 0.130. The van der Waals surface area contributed by atoms with Gasteiger partial charge in [0, 0.05) is 39.4 Å². The van der Waals surface area contributed by atoms with Gasteiger partial charge in [0.2, 0.25) is 0 Å². The van der Waals surface area contributed by atoms with E-state index in [2.05, 4.69) is 13.8 Å². The predicted molar refractivity (Wildman–Crippen MR) is 103 cm³/mol. The van der Waals surface area contributed by atoms with Gasteiger partial charge in [-0.05, 0) is 10.8 Å². The molecule has 4 aromatic carbocycles. The molecular weight excluding hydrogens is 324 g/mol. The molecule has 0 radical (unpaired) electrons. The van der Waals surface area contributed by atoms with Crippen LogP contribution < -0.4 is 4.74 Å². The van der Waals surface area contributed by atoms with Crippen molar-refractivity contribution in [2.75, 3.05) is 0 Å². The molecular formula is C23H18O3. The standard InChI is InChI=1S/C23H18O3/c1-23(2)21-15-9-5-3-7-13(15)17(24)11-19(21)26-20-12-18(25)14-8-4-6-10-16(14)22(20)23/h3-12,24-25H,1-2H3. The van der Waals surface area contributed by atoms with Crippen LogP contribution in [0.1, 0.15) is 25.0 Å². The minimum atomic E-state index is -0.358. The van der Waals surface area contributed by atoms with E-state index in [1.165, 1.54) is 0 Å². The maximum atomic E-state index is 10.4. The van der Waals surface area contributed by atoms with E-state index in [9.17, 15) is 10.2 Å². The van der Waals surface area contributed by atoms with E-state index in [4.69, 9.17) is 4.74 Å². The van der Waals surface area contributed by atoms with Gasteiger partial charge in [-0.2, -0.15) is 0 Å². The van der Waals surface area contributed by atoms with Crippen molar-refractivity contribution in [1.29, 1.82) is 0 Å². The van der Waals surface area contributed by atoms with Gasteiger partial charge in [-0.1, -0.05) is 62.4 Å². The Morgan fingerprint density at radius 1 is 0.654 bits per heavy atom. The molecule has 26 heavy (non-hydrogen) atoms. The quantitative estimate of drug-likeness (QED) is 0.422. The smallest absolute Gasteiger partial charge is 0.135 e. The summed E-state index contributed by atoms with van der Waals surface area (Å²) in [7, 11) is 0. The summed E-state index contributed by atoms with van der Waals surface area (Å²) in [5.41, 5.74) is 1.74. The average Bonchev–Trinajstić information content (AvgIpc) is 2.61. The molecule has 128 valence electrons. The van der Waals surface area contributed by atoms with Crippen LogP contribution in [-0.2, 0) is 5.41 Å². The third kappa shape index (κ3) is 1.83. The Morgan fingerprint density at radius 3 is 1.46 bits per heavy atom. The molecule has 0 saturated carbocycles. The van der Waals surface area contributed by atoms with Crippen LogP contribution >= 0.6 is 0 Å². The van der Waals surface area contributed by atoms with Crippen LogP contribution in [0.4, 0.5) is 0 Å². The van der Waals surface area contributed by atoms with E-state index in [0.717, 1.165) is 32.7 Å². The maximum absolute atomic E-state index is 10.4. The summed E-state index contributed by atoms with van der Waals surface area (Å²) >= 11 is 0. The molecule has 2 N–H and O–H groups in total. The second-order valence-corrected chi connectivity index (χ2v) is 7.36. The Kier molecular flexibility index (Phi) is 2.85. The van der Waals surface area contributed by atoms with Crippen molar-refractivity contribution < 1.29 is 14.9 Å². The van der Waals surface area contributed by atoms with E-state index in [0.29, 0.717) is 11.5 Å². The normalized spacial score (nSPS) is 14.7. The fourth-order valence-corrected chi connectivity index (χ4v) is 4.36. The zero-order valence-corrected chi connectivity index (χ0v) is 14.6. The summed E-state index contributed by atoms with van der Waals surface area (Å²) in [6, 6.07) is 19.0. The summed E-state index contributed by atoms with van der Waals surface area (Å²) < 4.78 is 6.17. The SMILES string of the molecule is CC1(C)c2c(cc(O)c3ccccc23)Oc2cc(O)c3ccccc3c21. The van der Waals surface area contributed by atoms with Crippen LogP contribution in [0, 0.1) is 0 Å². The van der Waals surface area contributed by atoms with E-state index in [1.807, 2.05) is 48.5 Å². The molecule has 1 aliphatic heterocycles. The highest BCUT2D eigenvalue weighted by molar-refractivity contribution is 5.99. The first-order valence-corrected chi connectivity index (χ1v) is 8.66. The van der Waals surface area contributed by atoms with Crippen LogP contribution in [-0.4, -0.2) is 10.2 Å². The molecule has 0 unspecified atom stereocenters. The van der Waals surface area contributed by atoms with Gasteiger partial charge in [0.05, 0.1) is 0 Å². The molecule has 0 amide bonds.